The predicted octanol–water partition coefficient (Wildman–Crippen LogP) is 2.83. The lowest BCUT2D eigenvalue weighted by molar-refractivity contribution is -0.120. The van der Waals surface area contributed by atoms with Crippen molar-refractivity contribution in [3.05, 3.63) is 58.1 Å². The summed E-state index contributed by atoms with van der Waals surface area (Å²) in [7, 11) is 0. The van der Waals surface area contributed by atoms with E-state index in [0.29, 0.717) is 29.7 Å². The van der Waals surface area contributed by atoms with Gasteiger partial charge in [0.1, 0.15) is 10.7 Å². The third-order valence-electron chi connectivity index (χ3n) is 4.80. The monoisotopic (exact) mass is 444 g/mol. The van der Waals surface area contributed by atoms with Gasteiger partial charge < -0.3 is 20.3 Å². The van der Waals surface area contributed by atoms with Crippen molar-refractivity contribution in [2.24, 2.45) is 0 Å². The number of morpholine rings is 1. The Kier molecular flexibility index (Phi) is 6.47. The van der Waals surface area contributed by atoms with Crippen LogP contribution in [0.2, 0.25) is 5.02 Å². The first-order chi connectivity index (χ1) is 14.6. The molecule has 30 heavy (non-hydrogen) atoms. The minimum atomic E-state index is -0.355. The lowest BCUT2D eigenvalue weighted by Gasteiger charge is -2.29. The van der Waals surface area contributed by atoms with Gasteiger partial charge in [-0.3, -0.25) is 9.59 Å². The quantitative estimate of drug-likeness (QED) is 0.610. The second kappa shape index (κ2) is 9.42. The van der Waals surface area contributed by atoms with Crippen molar-refractivity contribution in [1.82, 2.24) is 15.6 Å². The molecule has 0 saturated carbocycles. The Hall–Kier alpha value is -2.68. The molecular weight excluding hydrogens is 424 g/mol. The van der Waals surface area contributed by atoms with Crippen molar-refractivity contribution in [3.63, 3.8) is 0 Å². The highest BCUT2D eigenvalue weighted by atomic mass is 35.5. The summed E-state index contributed by atoms with van der Waals surface area (Å²) in [6.45, 7) is 3.06. The summed E-state index contributed by atoms with van der Waals surface area (Å²) in [4.78, 5) is 31.8. The van der Waals surface area contributed by atoms with Crippen LogP contribution in [0.1, 0.15) is 15.2 Å². The second-order valence-corrected chi connectivity index (χ2v) is 8.22. The van der Waals surface area contributed by atoms with Crippen molar-refractivity contribution < 1.29 is 14.3 Å². The number of rotatable bonds is 6. The SMILES string of the molecule is O=C(CNC(=O)c1sc2ccccc2c1Cl)NCc1cccnc1N1CCOCC1. The average Bonchev–Trinajstić information content (AvgIpc) is 3.13. The van der Waals surface area contributed by atoms with Crippen LogP contribution in [0, 0.1) is 0 Å². The first-order valence-corrected chi connectivity index (χ1v) is 10.8. The molecule has 156 valence electrons. The van der Waals surface area contributed by atoms with Crippen molar-refractivity contribution in [2.45, 2.75) is 6.54 Å². The van der Waals surface area contributed by atoms with Gasteiger partial charge in [0.25, 0.3) is 5.91 Å². The van der Waals surface area contributed by atoms with E-state index in [1.807, 2.05) is 36.4 Å². The Bertz CT molecular complexity index is 1070. The van der Waals surface area contributed by atoms with E-state index in [4.69, 9.17) is 16.3 Å². The largest absolute Gasteiger partial charge is 0.378 e. The number of nitrogens with zero attached hydrogens (tertiary/aromatic N) is 2. The number of carbonyl (C=O) groups excluding carboxylic acids is 2. The summed E-state index contributed by atoms with van der Waals surface area (Å²) in [5.41, 5.74) is 0.923. The zero-order valence-electron chi connectivity index (χ0n) is 16.2. The van der Waals surface area contributed by atoms with Gasteiger partial charge in [0.15, 0.2) is 0 Å². The van der Waals surface area contributed by atoms with Crippen molar-refractivity contribution >= 4 is 50.7 Å². The van der Waals surface area contributed by atoms with E-state index in [0.717, 1.165) is 34.6 Å². The standard InChI is InChI=1S/C21H21ClN4O3S/c22-18-15-5-1-2-6-16(15)30-19(18)21(28)25-13-17(27)24-12-14-4-3-7-23-20(14)26-8-10-29-11-9-26/h1-7H,8-13H2,(H,24,27)(H,25,28). The average molecular weight is 445 g/mol. The lowest BCUT2D eigenvalue weighted by Crippen LogP contribution is -2.39. The topological polar surface area (TPSA) is 83.6 Å². The highest BCUT2D eigenvalue weighted by molar-refractivity contribution is 7.21. The molecule has 2 amide bonds. The van der Waals surface area contributed by atoms with Crippen molar-refractivity contribution in [3.8, 4) is 0 Å². The number of nitrogens with one attached hydrogen (secondary N) is 2. The van der Waals surface area contributed by atoms with Gasteiger partial charge in [-0.25, -0.2) is 4.98 Å². The van der Waals surface area contributed by atoms with Crippen LogP contribution in [0.15, 0.2) is 42.6 Å². The third-order valence-corrected chi connectivity index (χ3v) is 6.48. The molecule has 3 heterocycles. The number of anilines is 1. The zero-order valence-corrected chi connectivity index (χ0v) is 17.8. The number of fused-ring (bicyclic) bond motifs is 1. The number of aromatic nitrogens is 1. The molecule has 0 unspecified atom stereocenters. The number of ether oxygens (including phenoxy) is 1. The summed E-state index contributed by atoms with van der Waals surface area (Å²) in [5.74, 6) is 0.214. The van der Waals surface area contributed by atoms with Gasteiger partial charge in [-0.05, 0) is 12.1 Å². The van der Waals surface area contributed by atoms with Gasteiger partial charge in [-0.15, -0.1) is 11.3 Å². The number of amides is 2. The van der Waals surface area contributed by atoms with Crippen LogP contribution < -0.4 is 15.5 Å². The highest BCUT2D eigenvalue weighted by Gasteiger charge is 2.18. The van der Waals surface area contributed by atoms with Gasteiger partial charge in [0.05, 0.1) is 24.8 Å². The number of hydrogen-bond acceptors (Lipinski definition) is 6. The van der Waals surface area contributed by atoms with E-state index in [1.165, 1.54) is 11.3 Å². The molecule has 3 aromatic rings. The van der Waals surface area contributed by atoms with Crippen LogP contribution in [-0.2, 0) is 16.1 Å². The molecule has 9 heteroatoms. The van der Waals surface area contributed by atoms with E-state index in [9.17, 15) is 9.59 Å². The Labute approximate surface area is 183 Å². The van der Waals surface area contributed by atoms with E-state index in [2.05, 4.69) is 20.5 Å². The maximum atomic E-state index is 12.5. The number of halogens is 1. The van der Waals surface area contributed by atoms with Gasteiger partial charge in [-0.1, -0.05) is 35.9 Å². The first-order valence-electron chi connectivity index (χ1n) is 9.62. The van der Waals surface area contributed by atoms with Crippen LogP contribution in [-0.4, -0.2) is 49.6 Å². The molecule has 0 atom stereocenters. The Morgan fingerprint density at radius 2 is 1.93 bits per heavy atom. The maximum absolute atomic E-state index is 12.5. The fourth-order valence-corrected chi connectivity index (χ4v) is 4.72. The highest BCUT2D eigenvalue weighted by Crippen LogP contribution is 2.34. The summed E-state index contributed by atoms with van der Waals surface area (Å²) in [5, 5.41) is 6.75. The van der Waals surface area contributed by atoms with Gasteiger partial charge >= 0.3 is 0 Å². The molecule has 2 aromatic heterocycles. The second-order valence-electron chi connectivity index (χ2n) is 6.79. The molecule has 2 N–H and O–H groups in total. The van der Waals surface area contributed by atoms with Crippen LogP contribution in [0.3, 0.4) is 0 Å². The smallest absolute Gasteiger partial charge is 0.263 e. The molecule has 1 aliphatic heterocycles. The van der Waals surface area contributed by atoms with Crippen LogP contribution in [0.5, 0.6) is 0 Å². The van der Waals surface area contributed by atoms with E-state index >= 15 is 0 Å². The molecule has 0 bridgehead atoms. The summed E-state index contributed by atoms with van der Waals surface area (Å²) in [6.07, 6.45) is 1.74. The van der Waals surface area contributed by atoms with E-state index < -0.39 is 0 Å². The fraction of sp³-hybridized carbons (Fsp3) is 0.286. The molecule has 4 rings (SSSR count). The summed E-state index contributed by atoms with van der Waals surface area (Å²) in [6, 6.07) is 11.3. The van der Waals surface area contributed by atoms with Gasteiger partial charge in [0, 0.05) is 41.5 Å². The minimum Gasteiger partial charge on any atom is -0.378 e. The number of carbonyl (C=O) groups is 2. The molecule has 0 spiro atoms. The fourth-order valence-electron chi connectivity index (χ4n) is 3.29. The normalized spacial score (nSPS) is 14.0. The molecule has 7 nitrogen and oxygen atoms in total. The van der Waals surface area contributed by atoms with Gasteiger partial charge in [-0.2, -0.15) is 0 Å². The van der Waals surface area contributed by atoms with Crippen LogP contribution >= 0.6 is 22.9 Å². The van der Waals surface area contributed by atoms with Gasteiger partial charge in [0.2, 0.25) is 5.91 Å². The van der Waals surface area contributed by atoms with E-state index in [1.54, 1.807) is 6.20 Å². The molecule has 1 aromatic carbocycles. The van der Waals surface area contributed by atoms with E-state index in [-0.39, 0.29) is 18.4 Å². The maximum Gasteiger partial charge on any atom is 0.263 e. The molecule has 0 aliphatic carbocycles. The Balaban J connectivity index is 1.33. The number of hydrogen-bond donors (Lipinski definition) is 2. The van der Waals surface area contributed by atoms with Crippen LogP contribution in [0.4, 0.5) is 5.82 Å². The molecule has 1 fully saturated rings. The number of thiophene rings is 1. The summed E-state index contributed by atoms with van der Waals surface area (Å²) < 4.78 is 6.32. The van der Waals surface area contributed by atoms with Crippen molar-refractivity contribution in [2.75, 3.05) is 37.7 Å². The minimum absolute atomic E-state index is 0.128. The molecular formula is C21H21ClN4O3S. The third kappa shape index (κ3) is 4.56. The van der Waals surface area contributed by atoms with Crippen molar-refractivity contribution in [1.29, 1.82) is 0 Å². The first kappa shape index (κ1) is 20.6. The van der Waals surface area contributed by atoms with Crippen LogP contribution in [0.25, 0.3) is 10.1 Å². The zero-order chi connectivity index (χ0) is 20.9. The lowest BCUT2D eigenvalue weighted by atomic mass is 10.2. The predicted molar refractivity (Wildman–Crippen MR) is 118 cm³/mol. The Morgan fingerprint density at radius 3 is 2.73 bits per heavy atom. The number of pyridine rings is 1. The Morgan fingerprint density at radius 1 is 1.13 bits per heavy atom. The summed E-state index contributed by atoms with van der Waals surface area (Å²) >= 11 is 7.64. The number of benzene rings is 1. The molecule has 1 saturated heterocycles. The molecule has 0 radical (unpaired) electrons. The molecule has 1 aliphatic rings.